The molecule has 1 fully saturated rings. The Morgan fingerprint density at radius 1 is 1.03 bits per heavy atom. The van der Waals surface area contributed by atoms with Gasteiger partial charge in [0.25, 0.3) is 5.91 Å². The van der Waals surface area contributed by atoms with Gasteiger partial charge in [-0.15, -0.1) is 0 Å². The molecule has 1 aromatic heterocycles. The predicted molar refractivity (Wildman–Crippen MR) is 114 cm³/mol. The minimum atomic E-state index is -0.147. The van der Waals surface area contributed by atoms with Gasteiger partial charge in [-0.1, -0.05) is 29.8 Å². The molecule has 2 heterocycles. The zero-order valence-corrected chi connectivity index (χ0v) is 16.8. The number of amides is 2. The van der Waals surface area contributed by atoms with Gasteiger partial charge < -0.3 is 19.4 Å². The molecule has 30 heavy (non-hydrogen) atoms. The Morgan fingerprint density at radius 3 is 2.47 bits per heavy atom. The first-order valence-corrected chi connectivity index (χ1v) is 10.1. The number of aryl methyl sites for hydroxylation is 1. The summed E-state index contributed by atoms with van der Waals surface area (Å²) in [5.41, 5.74) is 2.33. The number of carbonyl (C=O) groups is 2. The highest BCUT2D eigenvalue weighted by molar-refractivity contribution is 5.95. The average Bonchev–Trinajstić information content (AvgIpc) is 3.31. The SMILES string of the molecule is Cc1ccc(Oc2ccccc2NC(=O)C2CCN(C(=O)c3ccoc3)CC2)cc1. The summed E-state index contributed by atoms with van der Waals surface area (Å²) in [6, 6.07) is 16.8. The molecule has 0 atom stereocenters. The summed E-state index contributed by atoms with van der Waals surface area (Å²) in [5.74, 6) is 1.06. The van der Waals surface area contributed by atoms with Gasteiger partial charge in [-0.3, -0.25) is 9.59 Å². The zero-order valence-electron chi connectivity index (χ0n) is 16.8. The van der Waals surface area contributed by atoms with Crippen LogP contribution in [-0.2, 0) is 4.79 Å². The first-order chi connectivity index (χ1) is 14.6. The summed E-state index contributed by atoms with van der Waals surface area (Å²) in [6.07, 6.45) is 4.18. The third-order valence-electron chi connectivity index (χ3n) is 5.31. The molecular formula is C24H24N2O4. The molecule has 154 valence electrons. The molecule has 4 rings (SSSR count). The van der Waals surface area contributed by atoms with E-state index >= 15 is 0 Å². The number of piperidine rings is 1. The van der Waals surface area contributed by atoms with Crippen LogP contribution in [0.4, 0.5) is 5.69 Å². The minimum absolute atomic E-state index is 0.0506. The molecule has 1 N–H and O–H groups in total. The Morgan fingerprint density at radius 2 is 1.77 bits per heavy atom. The van der Waals surface area contributed by atoms with Crippen LogP contribution in [0, 0.1) is 12.8 Å². The monoisotopic (exact) mass is 404 g/mol. The number of likely N-dealkylation sites (tertiary alicyclic amines) is 1. The van der Waals surface area contributed by atoms with Gasteiger partial charge in [0.2, 0.25) is 5.91 Å². The van der Waals surface area contributed by atoms with Crippen LogP contribution in [-0.4, -0.2) is 29.8 Å². The molecule has 6 nitrogen and oxygen atoms in total. The lowest BCUT2D eigenvalue weighted by Gasteiger charge is -2.31. The molecule has 0 saturated carbocycles. The van der Waals surface area contributed by atoms with Crippen molar-refractivity contribution in [3.05, 3.63) is 78.3 Å². The van der Waals surface area contributed by atoms with E-state index in [2.05, 4.69) is 5.32 Å². The number of nitrogens with zero attached hydrogens (tertiary/aromatic N) is 1. The molecule has 6 heteroatoms. The van der Waals surface area contributed by atoms with Crippen molar-refractivity contribution in [3.63, 3.8) is 0 Å². The van der Waals surface area contributed by atoms with Crippen LogP contribution in [0.25, 0.3) is 0 Å². The first kappa shape index (κ1) is 19.8. The number of carbonyl (C=O) groups excluding carboxylic acids is 2. The van der Waals surface area contributed by atoms with E-state index in [1.807, 2.05) is 55.5 Å². The van der Waals surface area contributed by atoms with Crippen molar-refractivity contribution in [2.75, 3.05) is 18.4 Å². The summed E-state index contributed by atoms with van der Waals surface area (Å²) in [7, 11) is 0. The second kappa shape index (κ2) is 8.86. The lowest BCUT2D eigenvalue weighted by atomic mass is 9.95. The number of benzene rings is 2. The number of ether oxygens (including phenoxy) is 1. The highest BCUT2D eigenvalue weighted by Gasteiger charge is 2.28. The lowest BCUT2D eigenvalue weighted by molar-refractivity contribution is -0.121. The normalized spacial score (nSPS) is 14.4. The number of hydrogen-bond donors (Lipinski definition) is 1. The first-order valence-electron chi connectivity index (χ1n) is 10.1. The fraction of sp³-hybridized carbons (Fsp3) is 0.250. The van der Waals surface area contributed by atoms with Gasteiger partial charge in [0, 0.05) is 19.0 Å². The van der Waals surface area contributed by atoms with Crippen LogP contribution in [0.5, 0.6) is 11.5 Å². The Balaban J connectivity index is 1.36. The smallest absolute Gasteiger partial charge is 0.257 e. The molecule has 3 aromatic rings. The van der Waals surface area contributed by atoms with Gasteiger partial charge in [-0.25, -0.2) is 0 Å². The van der Waals surface area contributed by atoms with E-state index < -0.39 is 0 Å². The lowest BCUT2D eigenvalue weighted by Crippen LogP contribution is -2.41. The molecule has 1 saturated heterocycles. The highest BCUT2D eigenvalue weighted by Crippen LogP contribution is 2.30. The Labute approximate surface area is 175 Å². The Kier molecular flexibility index (Phi) is 5.84. The van der Waals surface area contributed by atoms with Gasteiger partial charge in [0.05, 0.1) is 17.5 Å². The topological polar surface area (TPSA) is 71.8 Å². The van der Waals surface area contributed by atoms with E-state index in [-0.39, 0.29) is 17.7 Å². The van der Waals surface area contributed by atoms with Crippen LogP contribution in [0.1, 0.15) is 28.8 Å². The van der Waals surface area contributed by atoms with E-state index in [9.17, 15) is 9.59 Å². The highest BCUT2D eigenvalue weighted by atomic mass is 16.5. The summed E-state index contributed by atoms with van der Waals surface area (Å²) in [5, 5.41) is 3.00. The molecule has 0 radical (unpaired) electrons. The van der Waals surface area contributed by atoms with Gasteiger partial charge in [0.15, 0.2) is 5.75 Å². The summed E-state index contributed by atoms with van der Waals surface area (Å²) < 4.78 is 11.0. The predicted octanol–water partition coefficient (Wildman–Crippen LogP) is 4.87. The number of hydrogen-bond acceptors (Lipinski definition) is 4. The fourth-order valence-corrected chi connectivity index (χ4v) is 3.54. The van der Waals surface area contributed by atoms with Crippen molar-refractivity contribution < 1.29 is 18.7 Å². The molecule has 0 unspecified atom stereocenters. The number of nitrogens with one attached hydrogen (secondary N) is 1. The quantitative estimate of drug-likeness (QED) is 0.658. The van der Waals surface area contributed by atoms with E-state index in [1.54, 1.807) is 11.0 Å². The third-order valence-corrected chi connectivity index (χ3v) is 5.31. The van der Waals surface area contributed by atoms with Gasteiger partial charge in [-0.05, 0) is 50.1 Å². The van der Waals surface area contributed by atoms with Crippen molar-refractivity contribution in [3.8, 4) is 11.5 Å². The molecule has 0 aliphatic carbocycles. The van der Waals surface area contributed by atoms with Crippen molar-refractivity contribution in [1.29, 1.82) is 0 Å². The maximum atomic E-state index is 12.8. The zero-order chi connectivity index (χ0) is 20.9. The number of rotatable bonds is 5. The van der Waals surface area contributed by atoms with Gasteiger partial charge >= 0.3 is 0 Å². The van der Waals surface area contributed by atoms with E-state index in [4.69, 9.17) is 9.15 Å². The molecule has 2 aromatic carbocycles. The number of furan rings is 1. The van der Waals surface area contributed by atoms with E-state index in [0.717, 1.165) is 5.56 Å². The van der Waals surface area contributed by atoms with Crippen LogP contribution in [0.15, 0.2) is 71.5 Å². The van der Waals surface area contributed by atoms with Crippen LogP contribution in [0.3, 0.4) is 0 Å². The fourth-order valence-electron chi connectivity index (χ4n) is 3.54. The van der Waals surface area contributed by atoms with Crippen LogP contribution in [0.2, 0.25) is 0 Å². The Hall–Kier alpha value is -3.54. The van der Waals surface area contributed by atoms with Crippen molar-refractivity contribution in [2.45, 2.75) is 19.8 Å². The molecule has 0 bridgehead atoms. The van der Waals surface area contributed by atoms with Gasteiger partial charge in [-0.2, -0.15) is 0 Å². The maximum Gasteiger partial charge on any atom is 0.257 e. The second-order valence-corrected chi connectivity index (χ2v) is 7.48. The maximum absolute atomic E-state index is 12.8. The standard InChI is InChI=1S/C24H24N2O4/c1-17-6-8-20(9-7-17)30-22-5-3-2-4-21(22)25-23(27)18-10-13-26(14-11-18)24(28)19-12-15-29-16-19/h2-9,12,15-16,18H,10-11,13-14H2,1H3,(H,25,27). The van der Waals surface area contributed by atoms with Gasteiger partial charge in [0.1, 0.15) is 12.0 Å². The molecule has 1 aliphatic heterocycles. The number of para-hydroxylation sites is 2. The average molecular weight is 404 g/mol. The second-order valence-electron chi connectivity index (χ2n) is 7.48. The van der Waals surface area contributed by atoms with Crippen molar-refractivity contribution in [2.24, 2.45) is 5.92 Å². The summed E-state index contributed by atoms with van der Waals surface area (Å²) in [6.45, 7) is 3.11. The molecule has 2 amide bonds. The van der Waals surface area contributed by atoms with Crippen molar-refractivity contribution in [1.82, 2.24) is 4.90 Å². The minimum Gasteiger partial charge on any atom is -0.472 e. The van der Waals surface area contributed by atoms with Crippen LogP contribution >= 0.6 is 0 Å². The van der Waals surface area contributed by atoms with E-state index in [0.29, 0.717) is 48.7 Å². The Bertz CT molecular complexity index is 1000. The third kappa shape index (κ3) is 4.54. The largest absolute Gasteiger partial charge is 0.472 e. The summed E-state index contributed by atoms with van der Waals surface area (Å²) >= 11 is 0. The molecule has 1 aliphatic rings. The van der Waals surface area contributed by atoms with Crippen LogP contribution < -0.4 is 10.1 Å². The summed E-state index contributed by atoms with van der Waals surface area (Å²) in [4.78, 5) is 27.0. The van der Waals surface area contributed by atoms with Crippen molar-refractivity contribution >= 4 is 17.5 Å². The van der Waals surface area contributed by atoms with E-state index in [1.165, 1.54) is 12.5 Å². The molecule has 0 spiro atoms. The number of anilines is 1. The molecular weight excluding hydrogens is 380 g/mol.